The van der Waals surface area contributed by atoms with Gasteiger partial charge in [0, 0.05) is 10.5 Å². The maximum Gasteiger partial charge on any atom is 0.189 e. The van der Waals surface area contributed by atoms with Gasteiger partial charge in [-0.05, 0) is 61.6 Å². The van der Waals surface area contributed by atoms with Crippen LogP contribution in [0.3, 0.4) is 0 Å². The van der Waals surface area contributed by atoms with Crippen molar-refractivity contribution in [1.29, 1.82) is 0 Å². The highest BCUT2D eigenvalue weighted by Crippen LogP contribution is 2.31. The number of fused-ring (bicyclic) bond motifs is 1. The minimum absolute atomic E-state index is 0.0535. The van der Waals surface area contributed by atoms with Crippen molar-refractivity contribution in [3.8, 4) is 0 Å². The molecule has 3 aromatic rings. The smallest absolute Gasteiger partial charge is 0.189 e. The zero-order chi connectivity index (χ0) is 18.8. The topological polar surface area (TPSA) is 90.3 Å². The molecule has 4 N–H and O–H groups in total. The Morgan fingerprint density at radius 3 is 2.63 bits per heavy atom. The van der Waals surface area contributed by atoms with Crippen LogP contribution < -0.4 is 10.6 Å². The zero-order valence-electron chi connectivity index (χ0n) is 14.7. The summed E-state index contributed by atoms with van der Waals surface area (Å²) < 4.78 is 2.11. The standard InChI is InChI=1S/C19H21BrN4O2S/c20-12-1-6-15-16(9-12)27-19(22-15)24-18-8-11(10-25)7-17(23-18)21-13-2-4-14(26)5-3-13/h1,6-9,13-14,25-26H,2-5,10H2,(H2,21,22,23,24). The first-order valence-corrected chi connectivity index (χ1v) is 10.6. The Labute approximate surface area is 169 Å². The Bertz CT molecular complexity index is 941. The molecule has 0 amide bonds. The average molecular weight is 449 g/mol. The van der Waals surface area contributed by atoms with Crippen molar-refractivity contribution < 1.29 is 10.2 Å². The molecule has 27 heavy (non-hydrogen) atoms. The molecule has 4 rings (SSSR count). The van der Waals surface area contributed by atoms with E-state index < -0.39 is 0 Å². The van der Waals surface area contributed by atoms with Crippen molar-refractivity contribution in [2.45, 2.75) is 44.4 Å². The number of aromatic nitrogens is 2. The normalized spacial score (nSPS) is 20.0. The number of nitrogens with zero attached hydrogens (tertiary/aromatic N) is 2. The number of aliphatic hydroxyl groups excluding tert-OH is 2. The number of nitrogens with one attached hydrogen (secondary N) is 2. The average Bonchev–Trinajstić information content (AvgIpc) is 3.04. The fourth-order valence-electron chi connectivity index (χ4n) is 3.31. The minimum atomic E-state index is -0.184. The molecule has 1 saturated carbocycles. The fourth-order valence-corrected chi connectivity index (χ4v) is 4.73. The van der Waals surface area contributed by atoms with E-state index in [4.69, 9.17) is 0 Å². The number of hydrogen-bond donors (Lipinski definition) is 4. The van der Waals surface area contributed by atoms with Crippen LogP contribution >= 0.6 is 27.3 Å². The van der Waals surface area contributed by atoms with Crippen molar-refractivity contribution in [3.63, 3.8) is 0 Å². The van der Waals surface area contributed by atoms with Gasteiger partial charge in [-0.3, -0.25) is 0 Å². The predicted molar refractivity (Wildman–Crippen MR) is 113 cm³/mol. The van der Waals surface area contributed by atoms with Crippen LogP contribution in [-0.2, 0) is 6.61 Å². The van der Waals surface area contributed by atoms with Crippen molar-refractivity contribution in [2.75, 3.05) is 10.6 Å². The molecule has 0 aliphatic heterocycles. The third-order valence-electron chi connectivity index (χ3n) is 4.70. The summed E-state index contributed by atoms with van der Waals surface area (Å²) in [5.74, 6) is 1.38. The maximum absolute atomic E-state index is 9.67. The van der Waals surface area contributed by atoms with Crippen molar-refractivity contribution in [1.82, 2.24) is 9.97 Å². The van der Waals surface area contributed by atoms with E-state index in [1.54, 1.807) is 11.3 Å². The Balaban J connectivity index is 1.54. The predicted octanol–water partition coefficient (Wildman–Crippen LogP) is 4.41. The lowest BCUT2D eigenvalue weighted by molar-refractivity contribution is 0.126. The van der Waals surface area contributed by atoms with Gasteiger partial charge in [0.25, 0.3) is 0 Å². The van der Waals surface area contributed by atoms with Crippen LogP contribution in [0.15, 0.2) is 34.8 Å². The first-order chi connectivity index (χ1) is 13.1. The van der Waals surface area contributed by atoms with Gasteiger partial charge in [0.1, 0.15) is 11.6 Å². The first-order valence-electron chi connectivity index (χ1n) is 8.98. The van der Waals surface area contributed by atoms with Crippen molar-refractivity contribution >= 4 is 54.3 Å². The summed E-state index contributed by atoms with van der Waals surface area (Å²) in [7, 11) is 0. The van der Waals surface area contributed by atoms with Gasteiger partial charge in [0.05, 0.1) is 22.9 Å². The molecular formula is C19H21BrN4O2S. The van der Waals surface area contributed by atoms with E-state index >= 15 is 0 Å². The van der Waals surface area contributed by atoms with Gasteiger partial charge in [-0.25, -0.2) is 9.97 Å². The number of rotatable bonds is 5. The molecule has 0 atom stereocenters. The van der Waals surface area contributed by atoms with Crippen LogP contribution in [0, 0.1) is 0 Å². The number of benzene rings is 1. The highest BCUT2D eigenvalue weighted by molar-refractivity contribution is 9.10. The molecule has 8 heteroatoms. The molecule has 0 unspecified atom stereocenters. The largest absolute Gasteiger partial charge is 0.393 e. The molecule has 1 fully saturated rings. The van der Waals surface area contributed by atoms with Crippen molar-refractivity contribution in [2.24, 2.45) is 0 Å². The lowest BCUT2D eigenvalue weighted by Crippen LogP contribution is -2.28. The highest BCUT2D eigenvalue weighted by atomic mass is 79.9. The maximum atomic E-state index is 9.67. The van der Waals surface area contributed by atoms with Gasteiger partial charge in [0.2, 0.25) is 0 Å². The summed E-state index contributed by atoms with van der Waals surface area (Å²) in [5, 5.41) is 26.7. The Morgan fingerprint density at radius 1 is 1.07 bits per heavy atom. The van der Waals surface area contributed by atoms with Gasteiger partial charge in [-0.2, -0.15) is 0 Å². The first kappa shape index (κ1) is 18.6. The molecule has 0 bridgehead atoms. The SMILES string of the molecule is OCc1cc(Nc2nc3ccc(Br)cc3s2)nc(NC2CCC(O)CC2)c1. The summed E-state index contributed by atoms with van der Waals surface area (Å²) in [6.45, 7) is -0.0535. The second-order valence-electron chi connectivity index (χ2n) is 6.81. The Kier molecular flexibility index (Phi) is 5.58. The highest BCUT2D eigenvalue weighted by Gasteiger charge is 2.19. The van der Waals surface area contributed by atoms with Crippen LogP contribution in [0.1, 0.15) is 31.2 Å². The van der Waals surface area contributed by atoms with E-state index in [0.717, 1.165) is 56.9 Å². The summed E-state index contributed by atoms with van der Waals surface area (Å²) in [5.41, 5.74) is 1.72. The van der Waals surface area contributed by atoms with Gasteiger partial charge in [0.15, 0.2) is 5.13 Å². The van der Waals surface area contributed by atoms with E-state index in [1.165, 1.54) is 0 Å². The molecule has 0 radical (unpaired) electrons. The number of halogens is 1. The van der Waals surface area contributed by atoms with Gasteiger partial charge >= 0.3 is 0 Å². The van der Waals surface area contributed by atoms with Crippen LogP contribution in [0.4, 0.5) is 16.8 Å². The van der Waals surface area contributed by atoms with E-state index in [1.807, 2.05) is 30.3 Å². The number of pyridine rings is 1. The van der Waals surface area contributed by atoms with E-state index in [-0.39, 0.29) is 12.7 Å². The molecule has 1 aliphatic rings. The summed E-state index contributed by atoms with van der Waals surface area (Å²) in [6.07, 6.45) is 3.27. The Hall–Kier alpha value is -1.74. The molecule has 2 aromatic heterocycles. The quantitative estimate of drug-likeness (QED) is 0.462. The molecule has 0 saturated heterocycles. The molecule has 1 aliphatic carbocycles. The van der Waals surface area contributed by atoms with Crippen LogP contribution in [-0.4, -0.2) is 32.3 Å². The van der Waals surface area contributed by atoms with E-state index in [2.05, 4.69) is 36.5 Å². The summed E-state index contributed by atoms with van der Waals surface area (Å²) in [4.78, 5) is 9.23. The molecule has 2 heterocycles. The second kappa shape index (κ2) is 8.10. The summed E-state index contributed by atoms with van der Waals surface area (Å²) in [6, 6.07) is 9.98. The number of hydrogen-bond acceptors (Lipinski definition) is 7. The third kappa shape index (κ3) is 4.57. The lowest BCUT2D eigenvalue weighted by Gasteiger charge is -2.26. The summed E-state index contributed by atoms with van der Waals surface area (Å²) >= 11 is 5.04. The number of thiazole rings is 1. The van der Waals surface area contributed by atoms with Gasteiger partial charge in [-0.15, -0.1) is 0 Å². The van der Waals surface area contributed by atoms with Gasteiger partial charge in [-0.1, -0.05) is 27.3 Å². The molecule has 0 spiro atoms. The molecule has 1 aromatic carbocycles. The second-order valence-corrected chi connectivity index (χ2v) is 8.76. The monoisotopic (exact) mass is 448 g/mol. The Morgan fingerprint density at radius 2 is 1.85 bits per heavy atom. The fraction of sp³-hybridized carbons (Fsp3) is 0.368. The molecule has 142 valence electrons. The number of anilines is 3. The lowest BCUT2D eigenvalue weighted by atomic mass is 9.93. The van der Waals surface area contributed by atoms with Crippen LogP contribution in [0.25, 0.3) is 10.2 Å². The molecule has 6 nitrogen and oxygen atoms in total. The van der Waals surface area contributed by atoms with E-state index in [0.29, 0.717) is 11.9 Å². The van der Waals surface area contributed by atoms with Crippen LogP contribution in [0.2, 0.25) is 0 Å². The molecular weight excluding hydrogens is 428 g/mol. The van der Waals surface area contributed by atoms with Crippen LogP contribution in [0.5, 0.6) is 0 Å². The third-order valence-corrected chi connectivity index (χ3v) is 6.13. The van der Waals surface area contributed by atoms with Gasteiger partial charge < -0.3 is 20.8 Å². The minimum Gasteiger partial charge on any atom is -0.393 e. The zero-order valence-corrected chi connectivity index (χ0v) is 17.1. The number of aliphatic hydroxyl groups is 2. The van der Waals surface area contributed by atoms with Crippen molar-refractivity contribution in [3.05, 3.63) is 40.4 Å². The van der Waals surface area contributed by atoms with E-state index in [9.17, 15) is 10.2 Å².